The molecular weight excluding hydrogens is 186 g/mol. The molecule has 0 fully saturated rings. The SMILES string of the molecule is C=CCCNc1cc(C)nc(C)c1C#N. The number of nitrogens with zero attached hydrogens (tertiary/aromatic N) is 2. The van der Waals surface area contributed by atoms with Gasteiger partial charge in [0.15, 0.2) is 0 Å². The first kappa shape index (κ1) is 11.3. The first-order valence-corrected chi connectivity index (χ1v) is 4.92. The van der Waals surface area contributed by atoms with Gasteiger partial charge in [-0.15, -0.1) is 6.58 Å². The van der Waals surface area contributed by atoms with E-state index in [2.05, 4.69) is 22.9 Å². The Morgan fingerprint density at radius 3 is 2.93 bits per heavy atom. The van der Waals surface area contributed by atoms with E-state index in [-0.39, 0.29) is 0 Å². The number of hydrogen-bond donors (Lipinski definition) is 1. The Bertz CT molecular complexity index is 402. The maximum atomic E-state index is 9.00. The Balaban J connectivity index is 2.94. The summed E-state index contributed by atoms with van der Waals surface area (Å²) in [4.78, 5) is 4.25. The summed E-state index contributed by atoms with van der Waals surface area (Å²) in [5.74, 6) is 0. The second-order valence-electron chi connectivity index (χ2n) is 3.39. The van der Waals surface area contributed by atoms with E-state index in [0.717, 1.165) is 30.0 Å². The minimum atomic E-state index is 0.629. The van der Waals surface area contributed by atoms with Crippen molar-refractivity contribution in [3.8, 4) is 6.07 Å². The molecule has 3 heteroatoms. The van der Waals surface area contributed by atoms with E-state index in [9.17, 15) is 0 Å². The Morgan fingerprint density at radius 2 is 2.33 bits per heavy atom. The van der Waals surface area contributed by atoms with E-state index in [0.29, 0.717) is 5.56 Å². The van der Waals surface area contributed by atoms with Crippen molar-refractivity contribution >= 4 is 5.69 Å². The van der Waals surface area contributed by atoms with Crippen LogP contribution in [0.4, 0.5) is 5.69 Å². The van der Waals surface area contributed by atoms with Gasteiger partial charge in [-0.25, -0.2) is 0 Å². The van der Waals surface area contributed by atoms with Gasteiger partial charge in [0.05, 0.1) is 16.9 Å². The average Bonchev–Trinajstić information content (AvgIpc) is 2.17. The Hall–Kier alpha value is -1.82. The number of nitrogens with one attached hydrogen (secondary N) is 1. The van der Waals surface area contributed by atoms with Crippen LogP contribution in [0.1, 0.15) is 23.4 Å². The van der Waals surface area contributed by atoms with Gasteiger partial charge < -0.3 is 5.32 Å². The molecule has 0 saturated carbocycles. The van der Waals surface area contributed by atoms with E-state index < -0.39 is 0 Å². The molecule has 0 aliphatic heterocycles. The molecule has 1 rings (SSSR count). The molecule has 15 heavy (non-hydrogen) atoms. The van der Waals surface area contributed by atoms with Crippen molar-refractivity contribution in [3.05, 3.63) is 35.7 Å². The molecule has 0 atom stereocenters. The third kappa shape index (κ3) is 2.81. The molecule has 0 aliphatic rings. The third-order valence-electron chi connectivity index (χ3n) is 2.10. The minimum absolute atomic E-state index is 0.629. The summed E-state index contributed by atoms with van der Waals surface area (Å²) in [6, 6.07) is 4.06. The van der Waals surface area contributed by atoms with Gasteiger partial charge in [0.25, 0.3) is 0 Å². The van der Waals surface area contributed by atoms with Crippen molar-refractivity contribution in [3.63, 3.8) is 0 Å². The average molecular weight is 201 g/mol. The van der Waals surface area contributed by atoms with E-state index in [1.165, 1.54) is 0 Å². The smallest absolute Gasteiger partial charge is 0.103 e. The first-order valence-electron chi connectivity index (χ1n) is 4.92. The van der Waals surface area contributed by atoms with Crippen molar-refractivity contribution in [2.45, 2.75) is 20.3 Å². The fraction of sp³-hybridized carbons (Fsp3) is 0.333. The van der Waals surface area contributed by atoms with E-state index in [1.54, 1.807) is 0 Å². The van der Waals surface area contributed by atoms with Crippen LogP contribution in [-0.2, 0) is 0 Å². The highest BCUT2D eigenvalue weighted by Gasteiger charge is 2.06. The maximum Gasteiger partial charge on any atom is 0.103 e. The summed E-state index contributed by atoms with van der Waals surface area (Å²) in [5, 5.41) is 12.2. The second-order valence-corrected chi connectivity index (χ2v) is 3.39. The van der Waals surface area contributed by atoms with Crippen LogP contribution in [0.15, 0.2) is 18.7 Å². The predicted octanol–water partition coefficient (Wildman–Crippen LogP) is 2.56. The first-order chi connectivity index (χ1) is 7.19. The lowest BCUT2D eigenvalue weighted by Crippen LogP contribution is -2.05. The summed E-state index contributed by atoms with van der Waals surface area (Å²) in [7, 11) is 0. The van der Waals surface area contributed by atoms with E-state index in [4.69, 9.17) is 5.26 Å². The molecule has 0 aromatic carbocycles. The van der Waals surface area contributed by atoms with Crippen LogP contribution >= 0.6 is 0 Å². The van der Waals surface area contributed by atoms with Gasteiger partial charge in [0, 0.05) is 12.2 Å². The summed E-state index contributed by atoms with van der Waals surface area (Å²) in [6.07, 6.45) is 2.73. The number of rotatable bonds is 4. The van der Waals surface area contributed by atoms with Gasteiger partial charge in [-0.1, -0.05) is 6.08 Å². The van der Waals surface area contributed by atoms with Gasteiger partial charge in [0.2, 0.25) is 0 Å². The zero-order valence-electron chi connectivity index (χ0n) is 9.17. The molecule has 3 nitrogen and oxygen atoms in total. The lowest BCUT2D eigenvalue weighted by atomic mass is 10.1. The number of aromatic nitrogens is 1. The number of nitriles is 1. The zero-order valence-corrected chi connectivity index (χ0v) is 9.17. The lowest BCUT2D eigenvalue weighted by molar-refractivity contribution is 1.05. The summed E-state index contributed by atoms with van der Waals surface area (Å²) in [6.45, 7) is 8.22. The number of hydrogen-bond acceptors (Lipinski definition) is 3. The molecule has 0 radical (unpaired) electrons. The van der Waals surface area contributed by atoms with Crippen molar-refractivity contribution in [1.82, 2.24) is 4.98 Å². The van der Waals surface area contributed by atoms with Crippen LogP contribution < -0.4 is 5.32 Å². The van der Waals surface area contributed by atoms with Crippen molar-refractivity contribution in [2.75, 3.05) is 11.9 Å². The number of aryl methyl sites for hydroxylation is 2. The molecule has 1 heterocycles. The topological polar surface area (TPSA) is 48.7 Å². The molecular formula is C12H15N3. The maximum absolute atomic E-state index is 9.00. The van der Waals surface area contributed by atoms with Crippen molar-refractivity contribution < 1.29 is 0 Å². The van der Waals surface area contributed by atoms with E-state index >= 15 is 0 Å². The molecule has 0 unspecified atom stereocenters. The molecule has 0 aliphatic carbocycles. The minimum Gasteiger partial charge on any atom is -0.384 e. The highest BCUT2D eigenvalue weighted by Crippen LogP contribution is 2.18. The van der Waals surface area contributed by atoms with Gasteiger partial charge in [-0.3, -0.25) is 4.98 Å². The summed E-state index contributed by atoms with van der Waals surface area (Å²) >= 11 is 0. The van der Waals surface area contributed by atoms with Gasteiger partial charge in [-0.05, 0) is 26.3 Å². The van der Waals surface area contributed by atoms with Crippen LogP contribution in [0.2, 0.25) is 0 Å². The fourth-order valence-corrected chi connectivity index (χ4v) is 1.42. The van der Waals surface area contributed by atoms with Crippen LogP contribution in [0.3, 0.4) is 0 Å². The molecule has 0 bridgehead atoms. The molecule has 0 saturated heterocycles. The molecule has 0 amide bonds. The third-order valence-corrected chi connectivity index (χ3v) is 2.10. The number of anilines is 1. The molecule has 78 valence electrons. The van der Waals surface area contributed by atoms with E-state index in [1.807, 2.05) is 26.0 Å². The lowest BCUT2D eigenvalue weighted by Gasteiger charge is -2.09. The molecule has 1 N–H and O–H groups in total. The summed E-state index contributed by atoms with van der Waals surface area (Å²) < 4.78 is 0. The highest BCUT2D eigenvalue weighted by atomic mass is 14.9. The van der Waals surface area contributed by atoms with Crippen molar-refractivity contribution in [1.29, 1.82) is 5.26 Å². The Labute approximate surface area is 90.5 Å². The zero-order chi connectivity index (χ0) is 11.3. The highest BCUT2D eigenvalue weighted by molar-refractivity contribution is 5.59. The Morgan fingerprint density at radius 1 is 1.60 bits per heavy atom. The number of pyridine rings is 1. The standard InChI is InChI=1S/C12H15N3/c1-4-5-6-14-12-7-9(2)15-10(3)11(12)8-13/h4,7H,1,5-6H2,2-3H3,(H,14,15). The van der Waals surface area contributed by atoms with Crippen LogP contribution in [-0.4, -0.2) is 11.5 Å². The molecule has 1 aromatic heterocycles. The molecule has 0 spiro atoms. The predicted molar refractivity (Wildman–Crippen MR) is 61.7 cm³/mol. The largest absolute Gasteiger partial charge is 0.384 e. The monoisotopic (exact) mass is 201 g/mol. The Kier molecular flexibility index (Phi) is 3.87. The van der Waals surface area contributed by atoms with Crippen molar-refractivity contribution in [2.24, 2.45) is 0 Å². The van der Waals surface area contributed by atoms with Gasteiger partial charge in [0.1, 0.15) is 6.07 Å². The van der Waals surface area contributed by atoms with Crippen LogP contribution in [0, 0.1) is 25.2 Å². The molecule has 1 aromatic rings. The van der Waals surface area contributed by atoms with Crippen LogP contribution in [0.25, 0.3) is 0 Å². The second kappa shape index (κ2) is 5.16. The van der Waals surface area contributed by atoms with Gasteiger partial charge >= 0.3 is 0 Å². The quantitative estimate of drug-likeness (QED) is 0.601. The van der Waals surface area contributed by atoms with Crippen LogP contribution in [0.5, 0.6) is 0 Å². The summed E-state index contributed by atoms with van der Waals surface area (Å²) in [5.41, 5.74) is 3.19. The fourth-order valence-electron chi connectivity index (χ4n) is 1.42. The normalized spacial score (nSPS) is 9.40. The van der Waals surface area contributed by atoms with Gasteiger partial charge in [-0.2, -0.15) is 5.26 Å².